The normalized spacial score (nSPS) is 24.1. The van der Waals surface area contributed by atoms with E-state index < -0.39 is 0 Å². The summed E-state index contributed by atoms with van der Waals surface area (Å²) in [5, 5.41) is 0. The molecule has 1 spiro atoms. The second kappa shape index (κ2) is 3.86. The standard InChI is InChI=1S/C14H20N2/c15-13(12-4-2-1-3-5-12)6-9-16-10-14(11-16)7-8-14/h1-5,13H,6-11,15H2. The van der Waals surface area contributed by atoms with Gasteiger partial charge in [-0.2, -0.15) is 0 Å². The number of benzene rings is 1. The Bertz CT molecular complexity index is 348. The maximum atomic E-state index is 6.18. The Hall–Kier alpha value is -0.860. The average Bonchev–Trinajstić information content (AvgIpc) is 3.06. The first-order chi connectivity index (χ1) is 7.77. The molecule has 1 aliphatic heterocycles. The predicted octanol–water partition coefficient (Wildman–Crippen LogP) is 2.17. The van der Waals surface area contributed by atoms with E-state index in [4.69, 9.17) is 5.73 Å². The Morgan fingerprint density at radius 1 is 1.19 bits per heavy atom. The number of nitrogens with two attached hydrogens (primary N) is 1. The summed E-state index contributed by atoms with van der Waals surface area (Å²) >= 11 is 0. The fraction of sp³-hybridized carbons (Fsp3) is 0.571. The topological polar surface area (TPSA) is 29.3 Å². The Labute approximate surface area is 97.4 Å². The summed E-state index contributed by atoms with van der Waals surface area (Å²) < 4.78 is 0. The van der Waals surface area contributed by atoms with Gasteiger partial charge in [0.2, 0.25) is 0 Å². The molecule has 1 aromatic carbocycles. The van der Waals surface area contributed by atoms with Crippen LogP contribution in [0.1, 0.15) is 30.9 Å². The summed E-state index contributed by atoms with van der Waals surface area (Å²) in [4.78, 5) is 2.55. The predicted molar refractivity (Wildman–Crippen MR) is 66.1 cm³/mol. The third-order valence-corrected chi connectivity index (χ3v) is 4.06. The molecule has 2 heteroatoms. The van der Waals surface area contributed by atoms with Crippen LogP contribution in [0.25, 0.3) is 0 Å². The first kappa shape index (κ1) is 10.3. The van der Waals surface area contributed by atoms with Gasteiger partial charge >= 0.3 is 0 Å². The van der Waals surface area contributed by atoms with Gasteiger partial charge in [-0.1, -0.05) is 30.3 Å². The fourth-order valence-electron chi connectivity index (χ4n) is 2.74. The molecule has 1 saturated heterocycles. The van der Waals surface area contributed by atoms with Crippen LogP contribution in [0, 0.1) is 5.41 Å². The van der Waals surface area contributed by atoms with Gasteiger partial charge in [-0.05, 0) is 36.8 Å². The molecule has 1 aromatic rings. The van der Waals surface area contributed by atoms with Crippen molar-refractivity contribution in [3.63, 3.8) is 0 Å². The highest BCUT2D eigenvalue weighted by Gasteiger charge is 2.51. The molecule has 2 N–H and O–H groups in total. The third-order valence-electron chi connectivity index (χ3n) is 4.06. The van der Waals surface area contributed by atoms with Gasteiger partial charge in [-0.25, -0.2) is 0 Å². The van der Waals surface area contributed by atoms with Crippen molar-refractivity contribution in [3.8, 4) is 0 Å². The minimum atomic E-state index is 0.206. The maximum Gasteiger partial charge on any atom is 0.0307 e. The Morgan fingerprint density at radius 3 is 2.50 bits per heavy atom. The molecular weight excluding hydrogens is 196 g/mol. The van der Waals surface area contributed by atoms with Gasteiger partial charge in [-0.15, -0.1) is 0 Å². The minimum Gasteiger partial charge on any atom is -0.324 e. The van der Waals surface area contributed by atoms with Gasteiger partial charge in [0, 0.05) is 19.1 Å². The summed E-state index contributed by atoms with van der Waals surface area (Å²) in [6.07, 6.45) is 4.02. The number of rotatable bonds is 4. The molecule has 1 unspecified atom stereocenters. The maximum absolute atomic E-state index is 6.18. The van der Waals surface area contributed by atoms with Crippen LogP contribution in [0.5, 0.6) is 0 Å². The lowest BCUT2D eigenvalue weighted by Crippen LogP contribution is -2.48. The van der Waals surface area contributed by atoms with Gasteiger partial charge in [0.1, 0.15) is 0 Å². The van der Waals surface area contributed by atoms with E-state index in [-0.39, 0.29) is 6.04 Å². The highest BCUT2D eigenvalue weighted by molar-refractivity contribution is 5.18. The monoisotopic (exact) mass is 216 g/mol. The van der Waals surface area contributed by atoms with Crippen molar-refractivity contribution in [3.05, 3.63) is 35.9 Å². The molecule has 1 saturated carbocycles. The van der Waals surface area contributed by atoms with E-state index in [1.165, 1.54) is 31.5 Å². The fourth-order valence-corrected chi connectivity index (χ4v) is 2.74. The van der Waals surface area contributed by atoms with E-state index in [2.05, 4.69) is 29.2 Å². The van der Waals surface area contributed by atoms with Crippen LogP contribution in [0.4, 0.5) is 0 Å². The lowest BCUT2D eigenvalue weighted by Gasteiger charge is -2.40. The van der Waals surface area contributed by atoms with E-state index in [0.29, 0.717) is 0 Å². The van der Waals surface area contributed by atoms with Gasteiger partial charge in [0.15, 0.2) is 0 Å². The molecule has 1 heterocycles. The summed E-state index contributed by atoms with van der Waals surface area (Å²) in [7, 11) is 0. The smallest absolute Gasteiger partial charge is 0.0307 e. The van der Waals surface area contributed by atoms with Crippen molar-refractivity contribution in [2.75, 3.05) is 19.6 Å². The zero-order valence-corrected chi connectivity index (χ0v) is 9.73. The van der Waals surface area contributed by atoms with Crippen molar-refractivity contribution < 1.29 is 0 Å². The summed E-state index contributed by atoms with van der Waals surface area (Å²) in [6.45, 7) is 3.82. The quantitative estimate of drug-likeness (QED) is 0.836. The van der Waals surface area contributed by atoms with Crippen LogP contribution in [0.3, 0.4) is 0 Å². The molecular formula is C14H20N2. The lowest BCUT2D eigenvalue weighted by atomic mass is 9.95. The van der Waals surface area contributed by atoms with Crippen molar-refractivity contribution >= 4 is 0 Å². The summed E-state index contributed by atoms with van der Waals surface area (Å²) in [5.74, 6) is 0. The SMILES string of the molecule is NC(CCN1CC2(CC2)C1)c1ccccc1. The Morgan fingerprint density at radius 2 is 1.88 bits per heavy atom. The highest BCUT2D eigenvalue weighted by atomic mass is 15.2. The van der Waals surface area contributed by atoms with Gasteiger partial charge in [0.05, 0.1) is 0 Å². The van der Waals surface area contributed by atoms with Crippen LogP contribution < -0.4 is 5.73 Å². The van der Waals surface area contributed by atoms with Crippen molar-refractivity contribution in [2.45, 2.75) is 25.3 Å². The largest absolute Gasteiger partial charge is 0.324 e. The molecule has 16 heavy (non-hydrogen) atoms. The molecule has 86 valence electrons. The molecule has 2 fully saturated rings. The van der Waals surface area contributed by atoms with Gasteiger partial charge in [0.25, 0.3) is 0 Å². The third kappa shape index (κ3) is 2.00. The van der Waals surface area contributed by atoms with E-state index >= 15 is 0 Å². The van der Waals surface area contributed by atoms with E-state index in [0.717, 1.165) is 18.4 Å². The van der Waals surface area contributed by atoms with Crippen molar-refractivity contribution in [1.29, 1.82) is 0 Å². The molecule has 2 nitrogen and oxygen atoms in total. The molecule has 3 rings (SSSR count). The summed E-state index contributed by atoms with van der Waals surface area (Å²) in [5.41, 5.74) is 8.22. The number of likely N-dealkylation sites (tertiary alicyclic amines) is 1. The van der Waals surface area contributed by atoms with E-state index in [1.54, 1.807) is 0 Å². The number of hydrogen-bond acceptors (Lipinski definition) is 2. The van der Waals surface area contributed by atoms with Crippen LogP contribution in [-0.4, -0.2) is 24.5 Å². The molecule has 0 bridgehead atoms. The van der Waals surface area contributed by atoms with Crippen LogP contribution in [-0.2, 0) is 0 Å². The molecule has 2 aliphatic rings. The van der Waals surface area contributed by atoms with E-state index in [9.17, 15) is 0 Å². The Balaban J connectivity index is 1.45. The first-order valence-electron chi connectivity index (χ1n) is 6.30. The summed E-state index contributed by atoms with van der Waals surface area (Å²) in [6, 6.07) is 10.6. The van der Waals surface area contributed by atoms with Crippen LogP contribution >= 0.6 is 0 Å². The van der Waals surface area contributed by atoms with Crippen LogP contribution in [0.2, 0.25) is 0 Å². The second-order valence-electron chi connectivity index (χ2n) is 5.52. The molecule has 0 aromatic heterocycles. The molecule has 0 radical (unpaired) electrons. The molecule has 1 atom stereocenters. The highest BCUT2D eigenvalue weighted by Crippen LogP contribution is 2.52. The zero-order chi connectivity index (χ0) is 11.0. The average molecular weight is 216 g/mol. The minimum absolute atomic E-state index is 0.206. The Kier molecular flexibility index (Phi) is 2.49. The van der Waals surface area contributed by atoms with Gasteiger partial charge in [-0.3, -0.25) is 0 Å². The molecule has 1 aliphatic carbocycles. The number of hydrogen-bond donors (Lipinski definition) is 1. The number of nitrogens with zero attached hydrogens (tertiary/aromatic N) is 1. The lowest BCUT2D eigenvalue weighted by molar-refractivity contribution is 0.0786. The van der Waals surface area contributed by atoms with Crippen molar-refractivity contribution in [1.82, 2.24) is 4.90 Å². The van der Waals surface area contributed by atoms with E-state index in [1.807, 2.05) is 6.07 Å². The van der Waals surface area contributed by atoms with Crippen LogP contribution in [0.15, 0.2) is 30.3 Å². The van der Waals surface area contributed by atoms with Gasteiger partial charge < -0.3 is 10.6 Å². The first-order valence-corrected chi connectivity index (χ1v) is 6.30. The zero-order valence-electron chi connectivity index (χ0n) is 9.73. The molecule has 0 amide bonds. The van der Waals surface area contributed by atoms with Crippen molar-refractivity contribution in [2.24, 2.45) is 11.1 Å². The second-order valence-corrected chi connectivity index (χ2v) is 5.52.